The molecule has 6 nitrogen and oxygen atoms in total. The maximum absolute atomic E-state index is 6.45. The summed E-state index contributed by atoms with van der Waals surface area (Å²) in [4.78, 5) is 5.01. The Kier molecular flexibility index (Phi) is 8.03. The largest absolute Gasteiger partial charge is 0.490 e. The molecule has 4 aliphatic rings. The average molecular weight is 761 g/mol. The number of thiophene rings is 1. The third kappa shape index (κ3) is 5.50. The molecule has 0 radical (unpaired) electrons. The van der Waals surface area contributed by atoms with E-state index in [1.165, 1.54) is 65.1 Å². The highest BCUT2D eigenvalue weighted by molar-refractivity contribution is 7.33. The van der Waals surface area contributed by atoms with Crippen molar-refractivity contribution < 1.29 is 18.9 Å². The van der Waals surface area contributed by atoms with Crippen LogP contribution in [0.4, 0.5) is 34.1 Å². The highest BCUT2D eigenvalue weighted by atomic mass is 32.1. The van der Waals surface area contributed by atoms with Crippen LogP contribution in [0.5, 0.6) is 23.0 Å². The van der Waals surface area contributed by atoms with Crippen molar-refractivity contribution >= 4 is 78.0 Å². The Hall–Kier alpha value is -5.08. The van der Waals surface area contributed by atoms with Gasteiger partial charge in [-0.1, -0.05) is 65.8 Å². The van der Waals surface area contributed by atoms with Crippen LogP contribution in [0.15, 0.2) is 78.9 Å². The van der Waals surface area contributed by atoms with Crippen LogP contribution >= 0.6 is 11.3 Å². The summed E-state index contributed by atoms with van der Waals surface area (Å²) in [7, 11) is 0. The predicted octanol–water partition coefficient (Wildman–Crippen LogP) is 10.5. The predicted molar refractivity (Wildman–Crippen MR) is 234 cm³/mol. The molecule has 0 fully saturated rings. The van der Waals surface area contributed by atoms with Gasteiger partial charge in [0.15, 0.2) is 23.0 Å². The summed E-state index contributed by atoms with van der Waals surface area (Å²) in [5.41, 5.74) is 14.8. The minimum Gasteiger partial charge on any atom is -0.490 e. The normalized spacial score (nSPS) is 15.9. The standard InChI is InChI=1S/C48H49BN2O4S/c1-28-22-31(48(6,7)8)23-29(2)44(28)51-36-13-9-12-35-43(36)49(46-45(51)33-24-30(47(3,4)5)14-17-42(33)56-46)34-26-40-41(55-21-11-20-54-40)27-37(34)50(35)32-15-16-38-39(25-32)53-19-10-18-52-38/h9,12-17,22-27H,10-11,18-21H2,1-8H3. The van der Waals surface area contributed by atoms with Gasteiger partial charge in [0.05, 0.1) is 43.5 Å². The van der Waals surface area contributed by atoms with Crippen molar-refractivity contribution in [1.29, 1.82) is 0 Å². The molecular formula is C48H49BN2O4S. The summed E-state index contributed by atoms with van der Waals surface area (Å²) in [6.07, 6.45) is 1.70. The summed E-state index contributed by atoms with van der Waals surface area (Å²) in [6, 6.07) is 29.7. The molecule has 8 heteroatoms. The van der Waals surface area contributed by atoms with E-state index in [2.05, 4.69) is 144 Å². The Bertz CT molecular complexity index is 2560. The van der Waals surface area contributed by atoms with Gasteiger partial charge in [0.1, 0.15) is 0 Å². The van der Waals surface area contributed by atoms with Crippen molar-refractivity contribution in [3.63, 3.8) is 0 Å². The number of nitrogens with zero attached hydrogens (tertiary/aromatic N) is 2. The van der Waals surface area contributed by atoms with Gasteiger partial charge in [0.2, 0.25) is 0 Å². The molecule has 0 atom stereocenters. The first-order valence-electron chi connectivity index (χ1n) is 20.1. The Morgan fingerprint density at radius 2 is 1.18 bits per heavy atom. The molecule has 6 aromatic rings. The van der Waals surface area contributed by atoms with Gasteiger partial charge < -0.3 is 28.7 Å². The molecule has 0 bridgehead atoms. The molecule has 0 amide bonds. The van der Waals surface area contributed by atoms with E-state index in [-0.39, 0.29) is 17.5 Å². The molecule has 5 aromatic carbocycles. The molecule has 0 unspecified atom stereocenters. The minimum atomic E-state index is -0.0267. The van der Waals surface area contributed by atoms with Crippen molar-refractivity contribution in [2.75, 3.05) is 36.2 Å². The third-order valence-electron chi connectivity index (χ3n) is 11.9. The van der Waals surface area contributed by atoms with Crippen molar-refractivity contribution in [3.8, 4) is 23.0 Å². The number of benzene rings is 5. The first kappa shape index (κ1) is 35.3. The molecule has 284 valence electrons. The van der Waals surface area contributed by atoms with E-state index in [1.54, 1.807) is 0 Å². The second-order valence-electron chi connectivity index (χ2n) is 17.9. The van der Waals surface area contributed by atoms with Gasteiger partial charge in [-0.15, -0.1) is 11.3 Å². The number of anilines is 6. The highest BCUT2D eigenvalue weighted by Gasteiger charge is 2.46. The first-order chi connectivity index (χ1) is 26.9. The third-order valence-corrected chi connectivity index (χ3v) is 13.1. The Labute approximate surface area is 335 Å². The number of hydrogen-bond acceptors (Lipinski definition) is 7. The van der Waals surface area contributed by atoms with E-state index in [9.17, 15) is 0 Å². The van der Waals surface area contributed by atoms with Crippen LogP contribution in [-0.2, 0) is 10.8 Å². The fourth-order valence-corrected chi connectivity index (χ4v) is 10.4. The fraction of sp³-hybridized carbons (Fsp3) is 0.333. The Balaban J connectivity index is 1.30. The fourth-order valence-electron chi connectivity index (χ4n) is 9.08. The summed E-state index contributed by atoms with van der Waals surface area (Å²) in [5, 5.41) is 1.30. The molecule has 0 aliphatic carbocycles. The summed E-state index contributed by atoms with van der Waals surface area (Å²) in [5.74, 6) is 3.16. The van der Waals surface area contributed by atoms with E-state index in [0.29, 0.717) is 26.4 Å². The maximum atomic E-state index is 6.45. The molecule has 4 aliphatic heterocycles. The average Bonchev–Trinajstić information content (AvgIpc) is 3.27. The number of hydrogen-bond donors (Lipinski definition) is 0. The smallest absolute Gasteiger partial charge is 0.264 e. The monoisotopic (exact) mass is 760 g/mol. The van der Waals surface area contributed by atoms with Gasteiger partial charge in [-0.3, -0.25) is 0 Å². The second kappa shape index (κ2) is 12.7. The van der Waals surface area contributed by atoms with Crippen LogP contribution in [0.3, 0.4) is 0 Å². The van der Waals surface area contributed by atoms with Crippen LogP contribution < -0.4 is 44.4 Å². The number of fused-ring (bicyclic) bond motifs is 8. The van der Waals surface area contributed by atoms with Crippen molar-refractivity contribution in [3.05, 3.63) is 101 Å². The lowest BCUT2D eigenvalue weighted by atomic mass is 9.36. The molecule has 0 spiro atoms. The highest BCUT2D eigenvalue weighted by Crippen LogP contribution is 2.51. The van der Waals surface area contributed by atoms with Gasteiger partial charge >= 0.3 is 0 Å². The molecule has 0 saturated carbocycles. The van der Waals surface area contributed by atoms with E-state index >= 15 is 0 Å². The van der Waals surface area contributed by atoms with Crippen LogP contribution in [0, 0.1) is 13.8 Å². The molecule has 56 heavy (non-hydrogen) atoms. The van der Waals surface area contributed by atoms with Gasteiger partial charge in [-0.25, -0.2) is 0 Å². The number of rotatable bonds is 2. The first-order valence-corrected chi connectivity index (χ1v) is 20.9. The quantitative estimate of drug-likeness (QED) is 0.164. The van der Waals surface area contributed by atoms with Crippen molar-refractivity contribution in [1.82, 2.24) is 0 Å². The van der Waals surface area contributed by atoms with Gasteiger partial charge in [-0.05, 0) is 100 Å². The van der Waals surface area contributed by atoms with Crippen molar-refractivity contribution in [2.45, 2.75) is 79.1 Å². The summed E-state index contributed by atoms with van der Waals surface area (Å²) in [6.45, 7) is 20.9. The minimum absolute atomic E-state index is 0.00324. The Morgan fingerprint density at radius 1 is 0.571 bits per heavy atom. The number of aryl methyl sites for hydroxylation is 2. The zero-order valence-corrected chi connectivity index (χ0v) is 34.6. The second-order valence-corrected chi connectivity index (χ2v) is 19.0. The van der Waals surface area contributed by atoms with E-state index < -0.39 is 0 Å². The molecule has 0 saturated heterocycles. The zero-order chi connectivity index (χ0) is 38.7. The van der Waals surface area contributed by atoms with E-state index in [1.807, 2.05) is 11.3 Å². The number of ether oxygens (including phenoxy) is 4. The maximum Gasteiger partial charge on any atom is 0.264 e. The molecular weight excluding hydrogens is 711 g/mol. The molecule has 1 aromatic heterocycles. The molecule has 0 N–H and O–H groups in total. The lowest BCUT2D eigenvalue weighted by Crippen LogP contribution is -2.60. The molecule has 10 rings (SSSR count). The van der Waals surface area contributed by atoms with Crippen LogP contribution in [0.2, 0.25) is 0 Å². The van der Waals surface area contributed by atoms with Crippen LogP contribution in [0.25, 0.3) is 10.1 Å². The van der Waals surface area contributed by atoms with Gasteiger partial charge in [-0.2, -0.15) is 0 Å². The van der Waals surface area contributed by atoms with E-state index in [4.69, 9.17) is 18.9 Å². The lowest BCUT2D eigenvalue weighted by Gasteiger charge is -2.44. The molecule has 5 heterocycles. The summed E-state index contributed by atoms with van der Waals surface area (Å²) < 4.78 is 27.9. The Morgan fingerprint density at radius 3 is 1.84 bits per heavy atom. The van der Waals surface area contributed by atoms with E-state index in [0.717, 1.165) is 52.9 Å². The SMILES string of the molecule is Cc1cc(C(C)(C)C)cc(C)c1N1c2cccc3c2B(c2cc4c(cc2N3c2ccc3c(c2)OCCCO3)OCCCO4)c2sc3ccc(C(C)(C)C)cc3c21. The summed E-state index contributed by atoms with van der Waals surface area (Å²) >= 11 is 1.93. The van der Waals surface area contributed by atoms with Gasteiger partial charge in [0.25, 0.3) is 6.71 Å². The zero-order valence-electron chi connectivity index (χ0n) is 33.8. The van der Waals surface area contributed by atoms with Crippen molar-refractivity contribution in [2.24, 2.45) is 0 Å². The van der Waals surface area contributed by atoms with Crippen LogP contribution in [-0.4, -0.2) is 33.1 Å². The van der Waals surface area contributed by atoms with Crippen LogP contribution in [0.1, 0.15) is 76.6 Å². The lowest BCUT2D eigenvalue weighted by molar-refractivity contribution is 0.296. The van der Waals surface area contributed by atoms with Gasteiger partial charge in [0, 0.05) is 56.9 Å². The topological polar surface area (TPSA) is 43.4 Å².